The molecule has 6 heteroatoms. The summed E-state index contributed by atoms with van der Waals surface area (Å²) in [5, 5.41) is 5.15. The standard InChI is InChI=1S/C24H26N2O3S/c27-22(16-21-13-7-15-30-21)26(17-20-12-6-14-29-20)23(18-8-2-1-3-9-18)24(28)25-19-10-4-5-11-19/h1-3,6-9,12-15,19,23H,4-5,10-11,16-17H2,(H,25,28)/t23-/m0/s1. The zero-order valence-corrected chi connectivity index (χ0v) is 17.6. The van der Waals surface area contributed by atoms with Crippen LogP contribution in [0.3, 0.4) is 0 Å². The van der Waals surface area contributed by atoms with Crippen LogP contribution in [-0.4, -0.2) is 22.8 Å². The van der Waals surface area contributed by atoms with Crippen molar-refractivity contribution < 1.29 is 14.0 Å². The lowest BCUT2D eigenvalue weighted by Crippen LogP contribution is -2.46. The summed E-state index contributed by atoms with van der Waals surface area (Å²) in [5.41, 5.74) is 0.805. The number of benzene rings is 1. The van der Waals surface area contributed by atoms with Crippen LogP contribution in [-0.2, 0) is 22.6 Å². The Bertz CT molecular complexity index is 932. The van der Waals surface area contributed by atoms with Gasteiger partial charge in [0.05, 0.1) is 19.2 Å². The third-order valence-corrected chi connectivity index (χ3v) is 6.39. The normalized spacial score (nSPS) is 15.1. The number of hydrogen-bond donors (Lipinski definition) is 1. The van der Waals surface area contributed by atoms with Crippen LogP contribution in [0.4, 0.5) is 0 Å². The van der Waals surface area contributed by atoms with E-state index in [2.05, 4.69) is 5.32 Å². The Balaban J connectivity index is 1.65. The molecule has 0 radical (unpaired) electrons. The highest BCUT2D eigenvalue weighted by Gasteiger charge is 2.33. The molecular weight excluding hydrogens is 396 g/mol. The molecule has 2 amide bonds. The predicted octanol–water partition coefficient (Wildman–Crippen LogP) is 4.71. The highest BCUT2D eigenvalue weighted by molar-refractivity contribution is 7.10. The van der Waals surface area contributed by atoms with Crippen LogP contribution in [0.5, 0.6) is 0 Å². The number of carbonyl (C=O) groups excluding carboxylic acids is 2. The lowest BCUT2D eigenvalue weighted by atomic mass is 10.0. The highest BCUT2D eigenvalue weighted by atomic mass is 32.1. The lowest BCUT2D eigenvalue weighted by Gasteiger charge is -2.31. The van der Waals surface area contributed by atoms with Crippen LogP contribution in [0, 0.1) is 0 Å². The SMILES string of the molecule is O=C(NC1CCCC1)[C@H](c1ccccc1)N(Cc1ccco1)C(=O)Cc1cccs1. The number of nitrogens with zero attached hydrogens (tertiary/aromatic N) is 1. The molecule has 156 valence electrons. The Morgan fingerprint density at radius 3 is 2.53 bits per heavy atom. The number of hydrogen-bond acceptors (Lipinski definition) is 4. The van der Waals surface area contributed by atoms with Gasteiger partial charge in [-0.25, -0.2) is 0 Å². The summed E-state index contributed by atoms with van der Waals surface area (Å²) in [6.45, 7) is 0.245. The van der Waals surface area contributed by atoms with Crippen molar-refractivity contribution in [2.24, 2.45) is 0 Å². The number of carbonyl (C=O) groups is 2. The summed E-state index contributed by atoms with van der Waals surface area (Å²) in [6.07, 6.45) is 6.11. The van der Waals surface area contributed by atoms with Crippen LogP contribution in [0.25, 0.3) is 0 Å². The molecule has 1 aliphatic rings. The monoisotopic (exact) mass is 422 g/mol. The highest BCUT2D eigenvalue weighted by Crippen LogP contribution is 2.27. The molecule has 5 nitrogen and oxygen atoms in total. The van der Waals surface area contributed by atoms with Gasteiger partial charge in [0.15, 0.2) is 0 Å². The minimum absolute atomic E-state index is 0.0933. The molecule has 0 bridgehead atoms. The van der Waals surface area contributed by atoms with Crippen molar-refractivity contribution in [3.8, 4) is 0 Å². The zero-order chi connectivity index (χ0) is 20.8. The van der Waals surface area contributed by atoms with Crippen LogP contribution in [0.2, 0.25) is 0 Å². The van der Waals surface area contributed by atoms with Crippen LogP contribution in [0.1, 0.15) is 47.9 Å². The van der Waals surface area contributed by atoms with Gasteiger partial charge in [0.2, 0.25) is 11.8 Å². The molecule has 2 aromatic heterocycles. The molecule has 1 aromatic carbocycles. The molecule has 1 saturated carbocycles. The summed E-state index contributed by atoms with van der Waals surface area (Å²) in [5.74, 6) is 0.438. The van der Waals surface area contributed by atoms with E-state index in [0.29, 0.717) is 5.76 Å². The van der Waals surface area contributed by atoms with Crippen LogP contribution >= 0.6 is 11.3 Å². The summed E-state index contributed by atoms with van der Waals surface area (Å²) in [7, 11) is 0. The molecule has 30 heavy (non-hydrogen) atoms. The van der Waals surface area contributed by atoms with Gasteiger partial charge in [0.1, 0.15) is 11.8 Å². The Hall–Kier alpha value is -2.86. The number of furan rings is 1. The van der Waals surface area contributed by atoms with E-state index >= 15 is 0 Å². The predicted molar refractivity (Wildman–Crippen MR) is 117 cm³/mol. The summed E-state index contributed by atoms with van der Waals surface area (Å²) >= 11 is 1.55. The molecule has 3 aromatic rings. The first-order valence-electron chi connectivity index (χ1n) is 10.4. The molecule has 0 aliphatic heterocycles. The van der Waals surface area contributed by atoms with Crippen molar-refractivity contribution >= 4 is 23.2 Å². The van der Waals surface area contributed by atoms with Crippen LogP contribution in [0.15, 0.2) is 70.7 Å². The third kappa shape index (κ3) is 5.00. The third-order valence-electron chi connectivity index (χ3n) is 5.51. The number of amides is 2. The van der Waals surface area contributed by atoms with E-state index in [0.717, 1.165) is 36.1 Å². The van der Waals surface area contributed by atoms with Gasteiger partial charge in [-0.15, -0.1) is 11.3 Å². The maximum Gasteiger partial charge on any atom is 0.247 e. The van der Waals surface area contributed by atoms with Gasteiger partial charge >= 0.3 is 0 Å². The van der Waals surface area contributed by atoms with E-state index < -0.39 is 6.04 Å². The summed E-state index contributed by atoms with van der Waals surface area (Å²) in [4.78, 5) is 29.5. The number of thiophene rings is 1. The topological polar surface area (TPSA) is 62.6 Å². The number of rotatable bonds is 8. The summed E-state index contributed by atoms with van der Waals surface area (Å²) in [6, 6.07) is 16.5. The molecule has 0 spiro atoms. The summed E-state index contributed by atoms with van der Waals surface area (Å²) < 4.78 is 5.53. The Kier molecular flexibility index (Phi) is 6.64. The second kappa shape index (κ2) is 9.76. The lowest BCUT2D eigenvalue weighted by molar-refractivity contribution is -0.141. The van der Waals surface area contributed by atoms with E-state index in [1.807, 2.05) is 53.9 Å². The molecule has 2 heterocycles. The Morgan fingerprint density at radius 1 is 1.07 bits per heavy atom. The van der Waals surface area contributed by atoms with E-state index in [1.165, 1.54) is 0 Å². The minimum Gasteiger partial charge on any atom is -0.467 e. The van der Waals surface area contributed by atoms with E-state index in [-0.39, 0.29) is 30.8 Å². The molecule has 0 saturated heterocycles. The first-order valence-corrected chi connectivity index (χ1v) is 11.3. The van der Waals surface area contributed by atoms with Crippen molar-refractivity contribution in [2.45, 2.75) is 50.7 Å². The Labute approximate surface area is 180 Å². The van der Waals surface area contributed by atoms with E-state index in [4.69, 9.17) is 4.42 Å². The van der Waals surface area contributed by atoms with Gasteiger partial charge < -0.3 is 14.6 Å². The number of nitrogens with one attached hydrogen (secondary N) is 1. The van der Waals surface area contributed by atoms with Crippen molar-refractivity contribution in [1.82, 2.24) is 10.2 Å². The van der Waals surface area contributed by atoms with Gasteiger partial charge in [-0.1, -0.05) is 49.2 Å². The van der Waals surface area contributed by atoms with Crippen molar-refractivity contribution in [2.75, 3.05) is 0 Å². The van der Waals surface area contributed by atoms with Gasteiger partial charge in [-0.05, 0) is 42.0 Å². The van der Waals surface area contributed by atoms with E-state index in [9.17, 15) is 9.59 Å². The molecule has 0 unspecified atom stereocenters. The minimum atomic E-state index is -0.704. The molecule has 1 aliphatic carbocycles. The van der Waals surface area contributed by atoms with Crippen LogP contribution < -0.4 is 5.32 Å². The van der Waals surface area contributed by atoms with Crippen molar-refractivity contribution in [1.29, 1.82) is 0 Å². The first kappa shape index (κ1) is 20.4. The average molecular weight is 423 g/mol. The van der Waals surface area contributed by atoms with E-state index in [1.54, 1.807) is 28.6 Å². The molecule has 4 rings (SSSR count). The van der Waals surface area contributed by atoms with Crippen molar-refractivity contribution in [3.63, 3.8) is 0 Å². The fourth-order valence-corrected chi connectivity index (χ4v) is 4.71. The maximum absolute atomic E-state index is 13.4. The zero-order valence-electron chi connectivity index (χ0n) is 16.8. The molecule has 1 N–H and O–H groups in total. The molecular formula is C24H26N2O3S. The van der Waals surface area contributed by atoms with Crippen molar-refractivity contribution in [3.05, 3.63) is 82.4 Å². The molecule has 1 atom stereocenters. The quantitative estimate of drug-likeness (QED) is 0.572. The maximum atomic E-state index is 13.4. The smallest absolute Gasteiger partial charge is 0.247 e. The van der Waals surface area contributed by atoms with Gasteiger partial charge in [-0.2, -0.15) is 0 Å². The van der Waals surface area contributed by atoms with Gasteiger partial charge in [0.25, 0.3) is 0 Å². The second-order valence-corrected chi connectivity index (χ2v) is 8.69. The first-order chi connectivity index (χ1) is 14.7. The van der Waals surface area contributed by atoms with Gasteiger partial charge in [0, 0.05) is 10.9 Å². The fraction of sp³-hybridized carbons (Fsp3) is 0.333. The largest absolute Gasteiger partial charge is 0.467 e. The average Bonchev–Trinajstić information content (AvgIpc) is 3.52. The fourth-order valence-electron chi connectivity index (χ4n) is 4.02. The molecule has 1 fully saturated rings. The Morgan fingerprint density at radius 2 is 1.87 bits per heavy atom. The second-order valence-electron chi connectivity index (χ2n) is 7.66. The van der Waals surface area contributed by atoms with Gasteiger partial charge in [-0.3, -0.25) is 9.59 Å².